The zero-order valence-corrected chi connectivity index (χ0v) is 11.5. The van der Waals surface area contributed by atoms with Crippen LogP contribution in [0, 0.1) is 11.7 Å². The Labute approximate surface area is 117 Å². The minimum Gasteiger partial charge on any atom is -0.326 e. The van der Waals surface area contributed by atoms with Crippen LogP contribution in [0.15, 0.2) is 18.2 Å². The molecule has 0 aromatic heterocycles. The minimum absolute atomic E-state index is 0.0231. The van der Waals surface area contributed by atoms with Crippen LogP contribution in [0.5, 0.6) is 0 Å². The molecule has 1 aliphatic rings. The van der Waals surface area contributed by atoms with Crippen molar-refractivity contribution in [2.75, 3.05) is 10.6 Å². The molecule has 0 aliphatic heterocycles. The lowest BCUT2D eigenvalue weighted by atomic mass is 9.88. The average molecular weight is 278 g/mol. The first kappa shape index (κ1) is 14.5. The van der Waals surface area contributed by atoms with Gasteiger partial charge in [-0.05, 0) is 31.0 Å². The Bertz CT molecular complexity index is 511. The lowest BCUT2D eigenvalue weighted by Crippen LogP contribution is -2.24. The number of carbonyl (C=O) groups is 2. The molecule has 0 atom stereocenters. The van der Waals surface area contributed by atoms with E-state index in [1.165, 1.54) is 31.5 Å². The summed E-state index contributed by atoms with van der Waals surface area (Å²) in [5.41, 5.74) is 0.588. The first-order chi connectivity index (χ1) is 9.56. The molecule has 20 heavy (non-hydrogen) atoms. The Morgan fingerprint density at radius 1 is 1.15 bits per heavy atom. The van der Waals surface area contributed by atoms with Gasteiger partial charge in [0.25, 0.3) is 0 Å². The van der Waals surface area contributed by atoms with Crippen molar-refractivity contribution >= 4 is 23.2 Å². The zero-order valence-electron chi connectivity index (χ0n) is 11.5. The summed E-state index contributed by atoms with van der Waals surface area (Å²) in [6.07, 6.45) is 5.17. The van der Waals surface area contributed by atoms with Gasteiger partial charge in [-0.25, -0.2) is 4.39 Å². The van der Waals surface area contributed by atoms with Crippen LogP contribution >= 0.6 is 0 Å². The number of carbonyl (C=O) groups excluding carboxylic acids is 2. The van der Waals surface area contributed by atoms with Gasteiger partial charge in [-0.3, -0.25) is 9.59 Å². The van der Waals surface area contributed by atoms with E-state index in [9.17, 15) is 14.0 Å². The van der Waals surface area contributed by atoms with E-state index in [1.54, 1.807) is 0 Å². The summed E-state index contributed by atoms with van der Waals surface area (Å²) in [6.45, 7) is 1.31. The van der Waals surface area contributed by atoms with Crippen LogP contribution in [0.1, 0.15) is 39.0 Å². The smallest absolute Gasteiger partial charge is 0.227 e. The summed E-state index contributed by atoms with van der Waals surface area (Å²) < 4.78 is 13.5. The third kappa shape index (κ3) is 3.79. The lowest BCUT2D eigenvalue weighted by molar-refractivity contribution is -0.120. The van der Waals surface area contributed by atoms with Crippen molar-refractivity contribution in [2.45, 2.75) is 39.0 Å². The van der Waals surface area contributed by atoms with Crippen molar-refractivity contribution in [3.05, 3.63) is 24.0 Å². The van der Waals surface area contributed by atoms with E-state index in [4.69, 9.17) is 0 Å². The van der Waals surface area contributed by atoms with Gasteiger partial charge >= 0.3 is 0 Å². The van der Waals surface area contributed by atoms with Crippen molar-refractivity contribution in [3.8, 4) is 0 Å². The Morgan fingerprint density at radius 3 is 2.50 bits per heavy atom. The highest BCUT2D eigenvalue weighted by atomic mass is 19.1. The van der Waals surface area contributed by atoms with Crippen molar-refractivity contribution < 1.29 is 14.0 Å². The Balaban J connectivity index is 2.05. The molecule has 0 saturated heterocycles. The van der Waals surface area contributed by atoms with Crippen LogP contribution in [0.4, 0.5) is 15.8 Å². The van der Waals surface area contributed by atoms with E-state index in [0.29, 0.717) is 5.69 Å². The monoisotopic (exact) mass is 278 g/mol. The van der Waals surface area contributed by atoms with Gasteiger partial charge in [-0.15, -0.1) is 0 Å². The topological polar surface area (TPSA) is 58.2 Å². The van der Waals surface area contributed by atoms with Crippen molar-refractivity contribution in [2.24, 2.45) is 5.92 Å². The molecular weight excluding hydrogens is 259 g/mol. The summed E-state index contributed by atoms with van der Waals surface area (Å²) in [4.78, 5) is 23.1. The molecule has 108 valence electrons. The van der Waals surface area contributed by atoms with Gasteiger partial charge in [0, 0.05) is 18.5 Å². The second-order valence-corrected chi connectivity index (χ2v) is 5.20. The van der Waals surface area contributed by atoms with Crippen molar-refractivity contribution in [3.63, 3.8) is 0 Å². The molecule has 2 rings (SSSR count). The number of rotatable bonds is 3. The molecule has 4 nitrogen and oxygen atoms in total. The van der Waals surface area contributed by atoms with Crippen LogP contribution in [-0.2, 0) is 9.59 Å². The molecule has 5 heteroatoms. The standard InChI is InChI=1S/C15H19FN2O2/c1-10(19)17-14-9-12(7-8-13(14)16)18-15(20)11-5-3-2-4-6-11/h7-9,11H,2-6H2,1H3,(H,17,19)(H,18,20). The maximum absolute atomic E-state index is 13.5. The largest absolute Gasteiger partial charge is 0.326 e. The van der Waals surface area contributed by atoms with Crippen LogP contribution in [-0.4, -0.2) is 11.8 Å². The Kier molecular flexibility index (Phi) is 4.71. The number of benzene rings is 1. The fourth-order valence-corrected chi connectivity index (χ4v) is 2.50. The van der Waals surface area contributed by atoms with E-state index in [2.05, 4.69) is 10.6 Å². The number of halogens is 1. The first-order valence-electron chi connectivity index (χ1n) is 6.94. The number of hydrogen-bond acceptors (Lipinski definition) is 2. The van der Waals surface area contributed by atoms with Crippen molar-refractivity contribution in [1.82, 2.24) is 0 Å². The van der Waals surface area contributed by atoms with Gasteiger partial charge in [0.05, 0.1) is 5.69 Å². The van der Waals surface area contributed by atoms with Gasteiger partial charge in [0.1, 0.15) is 5.82 Å². The maximum Gasteiger partial charge on any atom is 0.227 e. The normalized spacial score (nSPS) is 15.7. The molecule has 0 unspecified atom stereocenters. The van der Waals surface area contributed by atoms with Crippen LogP contribution in [0.3, 0.4) is 0 Å². The molecule has 2 amide bonds. The van der Waals surface area contributed by atoms with Crippen LogP contribution < -0.4 is 10.6 Å². The van der Waals surface area contributed by atoms with E-state index in [-0.39, 0.29) is 23.4 Å². The second kappa shape index (κ2) is 6.50. The third-order valence-electron chi connectivity index (χ3n) is 3.52. The van der Waals surface area contributed by atoms with E-state index >= 15 is 0 Å². The highest BCUT2D eigenvalue weighted by Gasteiger charge is 2.21. The molecule has 2 N–H and O–H groups in total. The predicted octanol–water partition coefficient (Wildman–Crippen LogP) is 3.30. The molecule has 0 heterocycles. The zero-order chi connectivity index (χ0) is 14.5. The van der Waals surface area contributed by atoms with Crippen LogP contribution in [0.2, 0.25) is 0 Å². The number of hydrogen-bond donors (Lipinski definition) is 2. The number of amides is 2. The van der Waals surface area contributed by atoms with Gasteiger partial charge in [-0.2, -0.15) is 0 Å². The van der Waals surface area contributed by atoms with Crippen molar-refractivity contribution in [1.29, 1.82) is 0 Å². The summed E-state index contributed by atoms with van der Waals surface area (Å²) in [5.74, 6) is -0.848. The van der Waals surface area contributed by atoms with Crippen LogP contribution in [0.25, 0.3) is 0 Å². The number of nitrogens with one attached hydrogen (secondary N) is 2. The summed E-state index contributed by atoms with van der Waals surface area (Å²) in [6, 6.07) is 4.18. The maximum atomic E-state index is 13.5. The first-order valence-corrected chi connectivity index (χ1v) is 6.94. The predicted molar refractivity (Wildman–Crippen MR) is 75.9 cm³/mol. The second-order valence-electron chi connectivity index (χ2n) is 5.20. The molecule has 1 saturated carbocycles. The molecule has 0 bridgehead atoms. The number of anilines is 2. The van der Waals surface area contributed by atoms with Gasteiger partial charge < -0.3 is 10.6 Å². The fraction of sp³-hybridized carbons (Fsp3) is 0.467. The van der Waals surface area contributed by atoms with E-state index < -0.39 is 5.82 Å². The SMILES string of the molecule is CC(=O)Nc1cc(NC(=O)C2CCCCC2)ccc1F. The molecule has 1 aliphatic carbocycles. The minimum atomic E-state index is -0.518. The highest BCUT2D eigenvalue weighted by molar-refractivity contribution is 5.94. The average Bonchev–Trinajstić information content (AvgIpc) is 2.43. The quantitative estimate of drug-likeness (QED) is 0.891. The Morgan fingerprint density at radius 2 is 1.85 bits per heavy atom. The molecule has 0 spiro atoms. The summed E-state index contributed by atoms with van der Waals surface area (Å²) >= 11 is 0. The van der Waals surface area contributed by atoms with E-state index in [0.717, 1.165) is 25.7 Å². The molecule has 1 fully saturated rings. The summed E-state index contributed by atoms with van der Waals surface area (Å²) in [7, 11) is 0. The lowest BCUT2D eigenvalue weighted by Gasteiger charge is -2.21. The highest BCUT2D eigenvalue weighted by Crippen LogP contribution is 2.26. The van der Waals surface area contributed by atoms with Gasteiger partial charge in [0.2, 0.25) is 11.8 Å². The fourth-order valence-electron chi connectivity index (χ4n) is 2.50. The molecule has 0 radical (unpaired) electrons. The molecule has 1 aromatic rings. The molecular formula is C15H19FN2O2. The summed E-state index contributed by atoms with van der Waals surface area (Å²) in [5, 5.41) is 5.20. The Hall–Kier alpha value is -1.91. The van der Waals surface area contributed by atoms with Gasteiger partial charge in [-0.1, -0.05) is 19.3 Å². The van der Waals surface area contributed by atoms with Gasteiger partial charge in [0.15, 0.2) is 0 Å². The van der Waals surface area contributed by atoms with E-state index in [1.807, 2.05) is 0 Å². The third-order valence-corrected chi connectivity index (χ3v) is 3.52. The molecule has 1 aromatic carbocycles.